The highest BCUT2D eigenvalue weighted by atomic mass is 32.1. The first-order chi connectivity index (χ1) is 41.8. The lowest BCUT2D eigenvalue weighted by Gasteiger charge is -2.69. The zero-order valence-electron chi connectivity index (χ0n) is 51.1. The van der Waals surface area contributed by atoms with Gasteiger partial charge in [0.25, 0.3) is 5.91 Å². The molecular weight excluding hydrogens is 1120 g/mol. The second-order valence-corrected chi connectivity index (χ2v) is 28.6. The molecule has 8 heterocycles. The maximum absolute atomic E-state index is 13.3. The van der Waals surface area contributed by atoms with Gasteiger partial charge in [0, 0.05) is 85.6 Å². The van der Waals surface area contributed by atoms with E-state index in [9.17, 15) is 29.1 Å². The van der Waals surface area contributed by atoms with Crippen LogP contribution in [-0.2, 0) is 38.6 Å². The van der Waals surface area contributed by atoms with E-state index in [0.29, 0.717) is 67.0 Å². The highest BCUT2D eigenvalue weighted by Gasteiger charge is 2.66. The van der Waals surface area contributed by atoms with E-state index in [1.165, 1.54) is 12.0 Å². The van der Waals surface area contributed by atoms with Gasteiger partial charge in [0.05, 0.1) is 28.6 Å². The Kier molecular flexibility index (Phi) is 15.8. The molecule has 14 rings (SSSR count). The maximum Gasteiger partial charge on any atom is 0.355 e. The Bertz CT molecular complexity index is 3630. The summed E-state index contributed by atoms with van der Waals surface area (Å²) in [7, 11) is 2.21. The number of aromatic nitrogens is 6. The molecular formula is C67H82N12O7S. The average Bonchev–Trinajstić information content (AvgIpc) is 1.29. The molecule has 20 heteroatoms. The van der Waals surface area contributed by atoms with Gasteiger partial charge in [-0.25, -0.2) is 14.8 Å². The lowest BCUT2D eigenvalue weighted by Crippen LogP contribution is -2.64. The number of benzene rings is 2. The van der Waals surface area contributed by atoms with Crippen LogP contribution in [0.1, 0.15) is 178 Å². The molecule has 0 spiro atoms. The average molecular weight is 1200 g/mol. The van der Waals surface area contributed by atoms with Crippen LogP contribution < -0.4 is 15.5 Å². The maximum atomic E-state index is 13.3. The van der Waals surface area contributed by atoms with Crippen molar-refractivity contribution in [2.24, 2.45) is 16.2 Å². The zero-order valence-corrected chi connectivity index (χ0v) is 51.9. The van der Waals surface area contributed by atoms with Gasteiger partial charge in [-0.1, -0.05) is 68.7 Å². The van der Waals surface area contributed by atoms with Crippen molar-refractivity contribution in [1.29, 1.82) is 0 Å². The third kappa shape index (κ3) is 11.8. The lowest BCUT2D eigenvalue weighted by atomic mass is 9.39. The van der Waals surface area contributed by atoms with E-state index in [1.54, 1.807) is 16.2 Å². The van der Waals surface area contributed by atoms with Gasteiger partial charge in [-0.15, -0.1) is 10.2 Å². The summed E-state index contributed by atoms with van der Waals surface area (Å²) < 4.78 is 10.4. The third-order valence-corrected chi connectivity index (χ3v) is 21.4. The van der Waals surface area contributed by atoms with Crippen LogP contribution in [0.25, 0.3) is 21.3 Å². The van der Waals surface area contributed by atoms with E-state index >= 15 is 0 Å². The van der Waals surface area contributed by atoms with E-state index in [-0.39, 0.29) is 51.7 Å². The number of amides is 4. The number of carboxylic acids is 1. The van der Waals surface area contributed by atoms with E-state index < -0.39 is 17.9 Å². The van der Waals surface area contributed by atoms with Gasteiger partial charge in [0.15, 0.2) is 22.5 Å². The summed E-state index contributed by atoms with van der Waals surface area (Å²) in [6, 6.07) is 17.2. The molecule has 458 valence electrons. The number of carboxylic acid groups (broad SMARTS) is 1. The number of para-hydroxylation sites is 1. The number of carbonyl (C=O) groups is 5. The van der Waals surface area contributed by atoms with Crippen molar-refractivity contribution in [3.8, 4) is 11.1 Å². The Balaban J connectivity index is 0.563. The number of nitrogens with zero attached hydrogens (tertiary/aromatic N) is 10. The van der Waals surface area contributed by atoms with Crippen LogP contribution in [-0.4, -0.2) is 137 Å². The van der Waals surface area contributed by atoms with Gasteiger partial charge in [-0.2, -0.15) is 5.10 Å². The number of anilines is 4. The molecule has 6 aromatic rings. The van der Waals surface area contributed by atoms with Gasteiger partial charge >= 0.3 is 5.97 Å². The summed E-state index contributed by atoms with van der Waals surface area (Å²) in [6.07, 6.45) is 18.4. The molecule has 4 aromatic heterocycles. The minimum atomic E-state index is -1.09. The number of aromatic carboxylic acids is 1. The lowest BCUT2D eigenvalue weighted by molar-refractivity contribution is -0.248. The quantitative estimate of drug-likeness (QED) is 0.0451. The number of likely N-dealkylation sites (tertiary alicyclic amines) is 1. The predicted octanol–water partition coefficient (Wildman–Crippen LogP) is 11.1. The van der Waals surface area contributed by atoms with Crippen LogP contribution in [0, 0.1) is 30.1 Å². The Morgan fingerprint density at radius 2 is 1.61 bits per heavy atom. The molecule has 87 heavy (non-hydrogen) atoms. The van der Waals surface area contributed by atoms with Crippen LogP contribution in [0.5, 0.6) is 0 Å². The molecule has 2 saturated heterocycles. The standard InChI is InChI=1S/C67H82N12O7S/c1-42-47-14-13-27-77(59(47)74-73-58(42)72-63-69-51-15-10-11-16-53(51)87-63)54-22-20-49(57(70-54)62(84)85)50-33-68-79(43(50)2)41-66-36-64(3)35-65(4,37-66)39-67(38-64,40-66)86-31-30-75(5)26-12-8-6-7-9-17-56(81)76-28-24-44(25-29-76)45-18-19-48-46(32-45)34-78(61(48)83)52-21-23-55(80)71-60(52)82/h10-11,15-16,18-20,22,32-33,44,52H,6-9,12-14,17,21,23-31,34-41H2,1-5H3,(H,84,85)(H,69,72,73)(H,71,80,82). The molecule has 8 aliphatic rings. The number of likely N-dealkylation sites (N-methyl/N-ethyl adjacent to an activating group) is 1. The summed E-state index contributed by atoms with van der Waals surface area (Å²) in [5.74, 6) is 0.510. The van der Waals surface area contributed by atoms with Crippen LogP contribution in [0.15, 0.2) is 60.8 Å². The normalized spacial score (nSPS) is 25.2. The molecule has 3 atom stereocenters. The predicted molar refractivity (Wildman–Crippen MR) is 333 cm³/mol. The molecule has 6 fully saturated rings. The summed E-state index contributed by atoms with van der Waals surface area (Å²) in [5, 5.41) is 31.6. The first-order valence-electron chi connectivity index (χ1n) is 31.8. The van der Waals surface area contributed by atoms with Gasteiger partial charge in [-0.05, 0) is 175 Å². The highest BCUT2D eigenvalue weighted by molar-refractivity contribution is 7.22. The molecule has 4 aliphatic heterocycles. The number of nitrogens with one attached hydrogen (secondary N) is 2. The Labute approximate surface area is 513 Å². The highest BCUT2D eigenvalue weighted by Crippen LogP contribution is 2.72. The second-order valence-electron chi connectivity index (χ2n) is 27.5. The molecule has 4 aliphatic carbocycles. The van der Waals surface area contributed by atoms with Crippen molar-refractivity contribution in [2.75, 3.05) is 56.6 Å². The van der Waals surface area contributed by atoms with Crippen molar-refractivity contribution >= 4 is 73.7 Å². The number of hydrogen-bond donors (Lipinski definition) is 3. The summed E-state index contributed by atoms with van der Waals surface area (Å²) >= 11 is 1.57. The van der Waals surface area contributed by atoms with E-state index in [4.69, 9.17) is 24.9 Å². The van der Waals surface area contributed by atoms with Crippen LogP contribution in [0.3, 0.4) is 0 Å². The van der Waals surface area contributed by atoms with Gasteiger partial charge in [0.2, 0.25) is 17.7 Å². The number of rotatable bonds is 21. The van der Waals surface area contributed by atoms with Gasteiger partial charge in [-0.3, -0.25) is 29.2 Å². The van der Waals surface area contributed by atoms with Crippen molar-refractivity contribution < 1.29 is 33.8 Å². The molecule has 19 nitrogen and oxygen atoms in total. The number of fused-ring (bicyclic) bond motifs is 3. The SMILES string of the molecule is Cc1c(Nc2nc3ccccc3s2)nnc2c1CCCN2c1ccc(-c2cnn(CC34CC5(C)CC(C)(C3)CC(OCCN(C)CCCCCCCC(=O)N3CCC(c6ccc7c(c6)CN(C6CCC(=O)NC6=O)C7=O)CC3)(C5)C4)c2C)c(C(=O)O)n1. The monoisotopic (exact) mass is 1200 g/mol. The smallest absolute Gasteiger partial charge is 0.355 e. The van der Waals surface area contributed by atoms with E-state index in [0.717, 1.165) is 166 Å². The van der Waals surface area contributed by atoms with Crippen molar-refractivity contribution in [2.45, 2.75) is 174 Å². The molecule has 4 bridgehead atoms. The first kappa shape index (κ1) is 58.8. The minimum Gasteiger partial charge on any atom is -0.476 e. The fraction of sp³-hybridized carbons (Fsp3) is 0.552. The van der Waals surface area contributed by atoms with Gasteiger partial charge < -0.3 is 34.8 Å². The number of unbranched alkanes of at least 4 members (excludes halogenated alkanes) is 4. The van der Waals surface area contributed by atoms with Gasteiger partial charge in [0.1, 0.15) is 11.9 Å². The number of hydrogen-bond acceptors (Lipinski definition) is 15. The number of pyridine rings is 1. The number of ether oxygens (including phenoxy) is 1. The Morgan fingerprint density at radius 3 is 2.39 bits per heavy atom. The number of piperidine rings is 2. The largest absolute Gasteiger partial charge is 0.476 e. The Hall–Kier alpha value is -7.16. The fourth-order valence-electron chi connectivity index (χ4n) is 17.5. The zero-order chi connectivity index (χ0) is 60.4. The van der Waals surface area contributed by atoms with E-state index in [2.05, 4.69) is 65.3 Å². The van der Waals surface area contributed by atoms with Crippen LogP contribution >= 0.6 is 11.3 Å². The summed E-state index contributed by atoms with van der Waals surface area (Å²) in [6.45, 7) is 14.9. The third-order valence-electron chi connectivity index (χ3n) is 20.5. The summed E-state index contributed by atoms with van der Waals surface area (Å²) in [4.78, 5) is 81.4. The van der Waals surface area contributed by atoms with Crippen LogP contribution in [0.2, 0.25) is 0 Å². The topological polar surface area (TPSA) is 221 Å². The Morgan fingerprint density at radius 1 is 0.839 bits per heavy atom. The second kappa shape index (κ2) is 23.4. The molecule has 2 aromatic carbocycles. The molecule has 4 amide bonds. The van der Waals surface area contributed by atoms with E-state index in [1.807, 2.05) is 65.4 Å². The fourth-order valence-corrected chi connectivity index (χ4v) is 18.3. The minimum absolute atomic E-state index is 0.00329. The van der Waals surface area contributed by atoms with Crippen molar-refractivity contribution in [3.05, 3.63) is 100.0 Å². The molecule has 3 unspecified atom stereocenters. The number of carbonyl (C=O) groups excluding carboxylic acids is 4. The summed E-state index contributed by atoms with van der Waals surface area (Å²) in [5.41, 5.74) is 8.13. The molecule has 0 radical (unpaired) electrons. The molecule has 4 saturated carbocycles. The van der Waals surface area contributed by atoms with Crippen molar-refractivity contribution in [3.63, 3.8) is 0 Å². The number of thiazole rings is 1. The van der Waals surface area contributed by atoms with Crippen molar-refractivity contribution in [1.82, 2.24) is 50.0 Å². The molecule has 3 N–H and O–H groups in total. The first-order valence-corrected chi connectivity index (χ1v) is 32.6. The van der Waals surface area contributed by atoms with Crippen LogP contribution in [0.4, 0.5) is 22.6 Å². The number of imide groups is 1.